The predicted molar refractivity (Wildman–Crippen MR) is 81.5 cm³/mol. The molecule has 0 bridgehead atoms. The summed E-state index contributed by atoms with van der Waals surface area (Å²) in [4.78, 5) is 3.95. The van der Waals surface area contributed by atoms with Crippen molar-refractivity contribution in [2.75, 3.05) is 5.73 Å². The SMILES string of the molecule is CC(O)(c1ccc(Br)cc1Cl)c1cc(Cl)cnc1N. The van der Waals surface area contributed by atoms with Crippen LogP contribution >= 0.6 is 39.1 Å². The first-order valence-electron chi connectivity index (χ1n) is 5.42. The second-order valence-corrected chi connectivity index (χ2v) is 6.04. The molecule has 1 heterocycles. The Bertz CT molecular complexity index is 632. The van der Waals surface area contributed by atoms with E-state index in [-0.39, 0.29) is 5.82 Å². The quantitative estimate of drug-likeness (QED) is 0.850. The summed E-state index contributed by atoms with van der Waals surface area (Å²) in [6.45, 7) is 1.60. The Balaban J connectivity index is 2.61. The van der Waals surface area contributed by atoms with Crippen LogP contribution in [0.1, 0.15) is 18.1 Å². The molecule has 0 amide bonds. The summed E-state index contributed by atoms with van der Waals surface area (Å²) >= 11 is 15.4. The Morgan fingerprint density at radius 3 is 2.58 bits per heavy atom. The number of halogens is 3. The molecule has 2 rings (SSSR count). The number of nitrogens with zero attached hydrogens (tertiary/aromatic N) is 1. The van der Waals surface area contributed by atoms with E-state index >= 15 is 0 Å². The van der Waals surface area contributed by atoms with Gasteiger partial charge in [-0.3, -0.25) is 0 Å². The van der Waals surface area contributed by atoms with Crippen LogP contribution < -0.4 is 5.73 Å². The van der Waals surface area contributed by atoms with E-state index < -0.39 is 5.60 Å². The topological polar surface area (TPSA) is 59.1 Å². The van der Waals surface area contributed by atoms with Crippen LogP contribution in [0.25, 0.3) is 0 Å². The first-order valence-corrected chi connectivity index (χ1v) is 6.96. The van der Waals surface area contributed by atoms with Crippen molar-refractivity contribution in [3.05, 3.63) is 56.1 Å². The third-order valence-corrected chi connectivity index (χ3v) is 3.88. The van der Waals surface area contributed by atoms with Gasteiger partial charge in [-0.15, -0.1) is 0 Å². The van der Waals surface area contributed by atoms with E-state index in [2.05, 4.69) is 20.9 Å². The Kier molecular flexibility index (Phi) is 4.06. The summed E-state index contributed by atoms with van der Waals surface area (Å²) in [5.74, 6) is 0.216. The Morgan fingerprint density at radius 2 is 1.95 bits per heavy atom. The summed E-state index contributed by atoms with van der Waals surface area (Å²) in [5, 5.41) is 11.6. The van der Waals surface area contributed by atoms with E-state index in [0.29, 0.717) is 21.2 Å². The number of benzene rings is 1. The zero-order chi connectivity index (χ0) is 14.2. The molecular weight excluding hydrogens is 351 g/mol. The minimum atomic E-state index is -1.38. The molecule has 0 radical (unpaired) electrons. The van der Waals surface area contributed by atoms with Crippen LogP contribution in [0, 0.1) is 0 Å². The Labute approximate surface area is 129 Å². The molecule has 6 heteroatoms. The lowest BCUT2D eigenvalue weighted by Gasteiger charge is -2.26. The van der Waals surface area contributed by atoms with Crippen LogP contribution in [0.2, 0.25) is 10.0 Å². The molecule has 0 aliphatic carbocycles. The molecule has 0 saturated carbocycles. The highest BCUT2D eigenvalue weighted by molar-refractivity contribution is 9.10. The Morgan fingerprint density at radius 1 is 1.26 bits per heavy atom. The number of hydrogen-bond donors (Lipinski definition) is 2. The highest BCUT2D eigenvalue weighted by atomic mass is 79.9. The third kappa shape index (κ3) is 2.87. The monoisotopic (exact) mass is 360 g/mol. The molecule has 0 aliphatic rings. The molecule has 0 aliphatic heterocycles. The van der Waals surface area contributed by atoms with Crippen molar-refractivity contribution in [1.29, 1.82) is 0 Å². The summed E-state index contributed by atoms with van der Waals surface area (Å²) in [6, 6.07) is 6.82. The van der Waals surface area contributed by atoms with Crippen molar-refractivity contribution >= 4 is 44.9 Å². The minimum absolute atomic E-state index is 0.216. The van der Waals surface area contributed by atoms with Crippen LogP contribution in [0.3, 0.4) is 0 Å². The van der Waals surface area contributed by atoms with Crippen molar-refractivity contribution in [1.82, 2.24) is 4.98 Å². The van der Waals surface area contributed by atoms with Crippen molar-refractivity contribution < 1.29 is 5.11 Å². The molecule has 100 valence electrons. The van der Waals surface area contributed by atoms with E-state index in [4.69, 9.17) is 28.9 Å². The summed E-state index contributed by atoms with van der Waals surface area (Å²) < 4.78 is 0.828. The van der Waals surface area contributed by atoms with Gasteiger partial charge in [0.05, 0.1) is 5.02 Å². The van der Waals surface area contributed by atoms with Crippen molar-refractivity contribution in [2.45, 2.75) is 12.5 Å². The lowest BCUT2D eigenvalue weighted by Crippen LogP contribution is -2.25. The standard InChI is InChI=1S/C13H11BrCl2N2O/c1-13(19,9-3-2-7(14)4-11(9)16)10-5-8(15)6-18-12(10)17/h2-6,19H,1H3,(H2,17,18). The van der Waals surface area contributed by atoms with Crippen LogP contribution in [0.4, 0.5) is 5.82 Å². The normalized spacial score (nSPS) is 14.2. The second kappa shape index (κ2) is 5.29. The van der Waals surface area contributed by atoms with Crippen molar-refractivity contribution in [3.8, 4) is 0 Å². The van der Waals surface area contributed by atoms with Gasteiger partial charge in [-0.25, -0.2) is 4.98 Å². The van der Waals surface area contributed by atoms with Crippen LogP contribution in [0.5, 0.6) is 0 Å². The zero-order valence-electron chi connectivity index (χ0n) is 9.99. The van der Waals surface area contributed by atoms with Crippen molar-refractivity contribution in [3.63, 3.8) is 0 Å². The van der Waals surface area contributed by atoms with Gasteiger partial charge in [0.2, 0.25) is 0 Å². The van der Waals surface area contributed by atoms with E-state index in [1.54, 1.807) is 31.2 Å². The maximum absolute atomic E-state index is 10.8. The van der Waals surface area contributed by atoms with Crippen LogP contribution in [-0.2, 0) is 5.60 Å². The number of nitrogen functional groups attached to an aromatic ring is 1. The fourth-order valence-corrected chi connectivity index (χ4v) is 2.88. The lowest BCUT2D eigenvalue weighted by atomic mass is 9.88. The van der Waals surface area contributed by atoms with Gasteiger partial charge < -0.3 is 10.8 Å². The molecule has 0 spiro atoms. The molecule has 3 nitrogen and oxygen atoms in total. The number of aromatic nitrogens is 1. The fourth-order valence-electron chi connectivity index (χ4n) is 1.87. The second-order valence-electron chi connectivity index (χ2n) is 4.28. The maximum Gasteiger partial charge on any atom is 0.129 e. The lowest BCUT2D eigenvalue weighted by molar-refractivity contribution is 0.103. The number of pyridine rings is 1. The summed E-state index contributed by atoms with van der Waals surface area (Å²) in [6.07, 6.45) is 1.43. The number of hydrogen-bond acceptors (Lipinski definition) is 3. The van der Waals surface area contributed by atoms with Gasteiger partial charge in [0.15, 0.2) is 0 Å². The van der Waals surface area contributed by atoms with E-state index in [1.807, 2.05) is 0 Å². The third-order valence-electron chi connectivity index (χ3n) is 2.87. The average molecular weight is 362 g/mol. The first kappa shape index (κ1) is 14.6. The molecule has 2 aromatic rings. The first-order chi connectivity index (χ1) is 8.82. The van der Waals surface area contributed by atoms with Gasteiger partial charge in [0, 0.05) is 26.8 Å². The highest BCUT2D eigenvalue weighted by Gasteiger charge is 2.31. The molecule has 3 N–H and O–H groups in total. The summed E-state index contributed by atoms with van der Waals surface area (Å²) in [7, 11) is 0. The number of aliphatic hydroxyl groups is 1. The molecule has 0 fully saturated rings. The zero-order valence-corrected chi connectivity index (χ0v) is 13.1. The number of rotatable bonds is 2. The maximum atomic E-state index is 10.8. The molecule has 1 atom stereocenters. The average Bonchev–Trinajstić information content (AvgIpc) is 2.31. The fraction of sp³-hybridized carbons (Fsp3) is 0.154. The minimum Gasteiger partial charge on any atom is -0.383 e. The smallest absolute Gasteiger partial charge is 0.129 e. The Hall–Kier alpha value is -0.810. The van der Waals surface area contributed by atoms with E-state index in [0.717, 1.165) is 4.47 Å². The molecule has 1 aromatic carbocycles. The van der Waals surface area contributed by atoms with Gasteiger partial charge in [-0.2, -0.15) is 0 Å². The van der Waals surface area contributed by atoms with Gasteiger partial charge in [0.25, 0.3) is 0 Å². The van der Waals surface area contributed by atoms with Crippen molar-refractivity contribution in [2.24, 2.45) is 0 Å². The summed E-state index contributed by atoms with van der Waals surface area (Å²) in [5.41, 5.74) is 5.39. The van der Waals surface area contributed by atoms with Gasteiger partial charge in [-0.05, 0) is 25.1 Å². The predicted octanol–water partition coefficient (Wildman–Crippen LogP) is 3.99. The molecule has 1 unspecified atom stereocenters. The molecule has 0 saturated heterocycles. The molecular formula is C13H11BrCl2N2O. The van der Waals surface area contributed by atoms with Gasteiger partial charge in [0.1, 0.15) is 11.4 Å². The van der Waals surface area contributed by atoms with Crippen LogP contribution in [0.15, 0.2) is 34.9 Å². The van der Waals surface area contributed by atoms with E-state index in [1.165, 1.54) is 6.20 Å². The van der Waals surface area contributed by atoms with Crippen LogP contribution in [-0.4, -0.2) is 10.1 Å². The number of nitrogens with two attached hydrogens (primary N) is 1. The van der Waals surface area contributed by atoms with E-state index in [9.17, 15) is 5.11 Å². The molecule has 1 aromatic heterocycles. The largest absolute Gasteiger partial charge is 0.383 e. The number of anilines is 1. The molecule has 19 heavy (non-hydrogen) atoms. The highest BCUT2D eigenvalue weighted by Crippen LogP contribution is 2.37. The van der Waals surface area contributed by atoms with Gasteiger partial charge in [-0.1, -0.05) is 45.2 Å². The van der Waals surface area contributed by atoms with Gasteiger partial charge >= 0.3 is 0 Å².